The predicted octanol–water partition coefficient (Wildman–Crippen LogP) is 4.65. The van der Waals surface area contributed by atoms with Crippen LogP contribution in [0.4, 0.5) is 5.69 Å². The number of amides is 1. The van der Waals surface area contributed by atoms with E-state index in [1.165, 1.54) is 11.8 Å². The number of esters is 1. The van der Waals surface area contributed by atoms with Crippen molar-refractivity contribution in [3.05, 3.63) is 78.1 Å². The number of thioether (sulfide) groups is 1. The summed E-state index contributed by atoms with van der Waals surface area (Å²) in [7, 11) is 0. The topological polar surface area (TPSA) is 95.3 Å². The van der Waals surface area contributed by atoms with Gasteiger partial charge in [0.2, 0.25) is 5.91 Å². The number of aryl methyl sites for hydroxylation is 1. The van der Waals surface area contributed by atoms with E-state index in [0.29, 0.717) is 28.8 Å². The van der Waals surface area contributed by atoms with E-state index in [-0.39, 0.29) is 24.4 Å². The second-order valence-corrected chi connectivity index (χ2v) is 8.67. The number of ether oxygens (including phenoxy) is 2. The lowest BCUT2D eigenvalue weighted by atomic mass is 10.2. The molecule has 0 aliphatic heterocycles. The van der Waals surface area contributed by atoms with Crippen molar-refractivity contribution in [1.29, 1.82) is 0 Å². The third kappa shape index (κ3) is 6.95. The Hall–Kier alpha value is -3.59. The standard InChI is InChI=1S/C25H28N4O4S/c1-5-13-29-22(15-32-21-12-7-6-9-18(21)4)27-28-25(29)34-16-23(30)26-20-11-8-10-19(14-20)24(31)33-17(2)3/h5-12,14,17H,1,13,15-16H2,2-4H3,(H,26,30). The number of allylic oxidation sites excluding steroid dienone is 1. The van der Waals surface area contributed by atoms with Gasteiger partial charge in [0.25, 0.3) is 0 Å². The van der Waals surface area contributed by atoms with Gasteiger partial charge in [-0.15, -0.1) is 16.8 Å². The molecular formula is C25H28N4O4S. The van der Waals surface area contributed by atoms with E-state index in [4.69, 9.17) is 9.47 Å². The normalized spacial score (nSPS) is 10.7. The predicted molar refractivity (Wildman–Crippen MR) is 132 cm³/mol. The second-order valence-electron chi connectivity index (χ2n) is 7.72. The SMILES string of the molecule is C=CCn1c(COc2ccccc2C)nnc1SCC(=O)Nc1cccc(C(=O)OC(C)C)c1. The highest BCUT2D eigenvalue weighted by molar-refractivity contribution is 7.99. The van der Waals surface area contributed by atoms with E-state index in [0.717, 1.165) is 11.3 Å². The molecule has 0 aliphatic rings. The van der Waals surface area contributed by atoms with Crippen LogP contribution in [0.3, 0.4) is 0 Å². The van der Waals surface area contributed by atoms with Crippen molar-refractivity contribution < 1.29 is 19.1 Å². The number of hydrogen-bond donors (Lipinski definition) is 1. The molecule has 0 radical (unpaired) electrons. The van der Waals surface area contributed by atoms with Gasteiger partial charge in [0, 0.05) is 12.2 Å². The summed E-state index contributed by atoms with van der Waals surface area (Å²) < 4.78 is 13.0. The fourth-order valence-corrected chi connectivity index (χ4v) is 3.81. The summed E-state index contributed by atoms with van der Waals surface area (Å²) in [5.41, 5.74) is 1.93. The molecule has 1 amide bonds. The number of anilines is 1. The first kappa shape index (κ1) is 25.0. The van der Waals surface area contributed by atoms with Crippen LogP contribution in [0.5, 0.6) is 5.75 Å². The van der Waals surface area contributed by atoms with Crippen molar-refractivity contribution in [3.8, 4) is 5.75 Å². The van der Waals surface area contributed by atoms with Crippen molar-refractivity contribution in [2.45, 2.75) is 45.2 Å². The smallest absolute Gasteiger partial charge is 0.338 e. The lowest BCUT2D eigenvalue weighted by Crippen LogP contribution is -2.16. The van der Waals surface area contributed by atoms with Gasteiger partial charge in [-0.3, -0.25) is 9.36 Å². The first-order chi connectivity index (χ1) is 16.4. The lowest BCUT2D eigenvalue weighted by molar-refractivity contribution is -0.113. The van der Waals surface area contributed by atoms with Crippen molar-refractivity contribution in [2.24, 2.45) is 0 Å². The van der Waals surface area contributed by atoms with Crippen LogP contribution in [-0.2, 0) is 22.7 Å². The molecule has 3 aromatic rings. The zero-order valence-electron chi connectivity index (χ0n) is 19.5. The Morgan fingerprint density at radius 2 is 1.97 bits per heavy atom. The number of carbonyl (C=O) groups excluding carboxylic acids is 2. The minimum absolute atomic E-state index is 0.120. The van der Waals surface area contributed by atoms with Crippen LogP contribution in [0.1, 0.15) is 35.6 Å². The van der Waals surface area contributed by atoms with E-state index in [9.17, 15) is 9.59 Å². The summed E-state index contributed by atoms with van der Waals surface area (Å²) in [6.45, 7) is 10.1. The maximum absolute atomic E-state index is 12.5. The summed E-state index contributed by atoms with van der Waals surface area (Å²) in [6, 6.07) is 14.4. The van der Waals surface area contributed by atoms with E-state index < -0.39 is 5.97 Å². The fraction of sp³-hybridized carbons (Fsp3) is 0.280. The number of benzene rings is 2. The van der Waals surface area contributed by atoms with Crippen LogP contribution in [0.25, 0.3) is 0 Å². The molecule has 0 saturated heterocycles. The van der Waals surface area contributed by atoms with Gasteiger partial charge >= 0.3 is 5.97 Å². The minimum Gasteiger partial charge on any atom is -0.485 e. The van der Waals surface area contributed by atoms with Gasteiger partial charge in [-0.1, -0.05) is 42.1 Å². The van der Waals surface area contributed by atoms with Crippen LogP contribution in [0.2, 0.25) is 0 Å². The zero-order chi connectivity index (χ0) is 24.5. The highest BCUT2D eigenvalue weighted by Crippen LogP contribution is 2.21. The largest absolute Gasteiger partial charge is 0.485 e. The number of para-hydroxylation sites is 1. The number of rotatable bonds is 11. The Morgan fingerprint density at radius 3 is 2.71 bits per heavy atom. The van der Waals surface area contributed by atoms with Crippen molar-refractivity contribution >= 4 is 29.3 Å². The molecule has 0 fully saturated rings. The van der Waals surface area contributed by atoms with Gasteiger partial charge in [-0.25, -0.2) is 4.79 Å². The molecule has 0 aliphatic carbocycles. The molecular weight excluding hydrogens is 452 g/mol. The van der Waals surface area contributed by atoms with E-state index in [2.05, 4.69) is 22.1 Å². The fourth-order valence-electron chi connectivity index (χ4n) is 3.04. The maximum Gasteiger partial charge on any atom is 0.338 e. The highest BCUT2D eigenvalue weighted by atomic mass is 32.2. The van der Waals surface area contributed by atoms with Crippen LogP contribution in [0, 0.1) is 6.92 Å². The van der Waals surface area contributed by atoms with Gasteiger partial charge in [-0.2, -0.15) is 0 Å². The molecule has 1 N–H and O–H groups in total. The summed E-state index contributed by atoms with van der Waals surface area (Å²) in [4.78, 5) is 24.6. The van der Waals surface area contributed by atoms with E-state index >= 15 is 0 Å². The molecule has 1 heterocycles. The maximum atomic E-state index is 12.5. The first-order valence-electron chi connectivity index (χ1n) is 10.8. The third-order valence-electron chi connectivity index (χ3n) is 4.61. The Bertz CT molecular complexity index is 1160. The first-order valence-corrected chi connectivity index (χ1v) is 11.8. The Morgan fingerprint density at radius 1 is 1.18 bits per heavy atom. The summed E-state index contributed by atoms with van der Waals surface area (Å²) in [5, 5.41) is 11.8. The molecule has 3 rings (SSSR count). The molecule has 178 valence electrons. The molecule has 0 spiro atoms. The number of nitrogens with one attached hydrogen (secondary N) is 1. The van der Waals surface area contributed by atoms with Gasteiger partial charge in [0.1, 0.15) is 12.4 Å². The average molecular weight is 481 g/mol. The highest BCUT2D eigenvalue weighted by Gasteiger charge is 2.15. The van der Waals surface area contributed by atoms with E-state index in [1.807, 2.05) is 35.8 Å². The molecule has 8 nitrogen and oxygen atoms in total. The molecule has 0 bridgehead atoms. The number of aromatic nitrogens is 3. The lowest BCUT2D eigenvalue weighted by Gasteiger charge is -2.11. The summed E-state index contributed by atoms with van der Waals surface area (Å²) in [5.74, 6) is 0.879. The van der Waals surface area contributed by atoms with E-state index in [1.54, 1.807) is 44.2 Å². The number of nitrogens with zero attached hydrogens (tertiary/aromatic N) is 3. The Kier molecular flexibility index (Phi) is 8.86. The van der Waals surface area contributed by atoms with Crippen LogP contribution in [-0.4, -0.2) is 38.5 Å². The second kappa shape index (κ2) is 12.0. The number of hydrogen-bond acceptors (Lipinski definition) is 7. The molecule has 0 saturated carbocycles. The van der Waals surface area contributed by atoms with Gasteiger partial charge < -0.3 is 14.8 Å². The Balaban J connectivity index is 1.60. The van der Waals surface area contributed by atoms with Crippen LogP contribution < -0.4 is 10.1 Å². The molecule has 34 heavy (non-hydrogen) atoms. The summed E-state index contributed by atoms with van der Waals surface area (Å²) in [6.07, 6.45) is 1.52. The van der Waals surface area contributed by atoms with Gasteiger partial charge in [0.05, 0.1) is 17.4 Å². The van der Waals surface area contributed by atoms with Crippen LogP contribution in [0.15, 0.2) is 66.3 Å². The van der Waals surface area contributed by atoms with Crippen molar-refractivity contribution in [1.82, 2.24) is 14.8 Å². The number of carbonyl (C=O) groups is 2. The molecule has 1 aromatic heterocycles. The van der Waals surface area contributed by atoms with Gasteiger partial charge in [0.15, 0.2) is 11.0 Å². The zero-order valence-corrected chi connectivity index (χ0v) is 20.3. The summed E-state index contributed by atoms with van der Waals surface area (Å²) >= 11 is 1.26. The average Bonchev–Trinajstić information content (AvgIpc) is 3.18. The minimum atomic E-state index is -0.432. The Labute approximate surface area is 203 Å². The van der Waals surface area contributed by atoms with Crippen molar-refractivity contribution in [2.75, 3.05) is 11.1 Å². The molecule has 2 aromatic carbocycles. The van der Waals surface area contributed by atoms with Gasteiger partial charge in [-0.05, 0) is 50.6 Å². The monoisotopic (exact) mass is 480 g/mol. The third-order valence-corrected chi connectivity index (χ3v) is 5.58. The quantitative estimate of drug-likeness (QED) is 0.242. The van der Waals surface area contributed by atoms with Crippen molar-refractivity contribution in [3.63, 3.8) is 0 Å². The molecule has 0 unspecified atom stereocenters. The molecule has 0 atom stereocenters. The van der Waals surface area contributed by atoms with Crippen LogP contribution >= 0.6 is 11.8 Å². The molecule has 9 heteroatoms.